The van der Waals surface area contributed by atoms with Crippen LogP contribution in [-0.4, -0.2) is 28.5 Å². The number of amides is 2. The molecular weight excluding hydrogens is 272 g/mol. The third kappa shape index (κ3) is 6.82. The molecule has 0 heterocycles. The molecule has 5 heteroatoms. The second-order valence-corrected chi connectivity index (χ2v) is 7.65. The van der Waals surface area contributed by atoms with Crippen LogP contribution in [0.2, 0.25) is 0 Å². The lowest BCUT2D eigenvalue weighted by Gasteiger charge is -2.18. The van der Waals surface area contributed by atoms with E-state index in [1.165, 1.54) is 4.90 Å². The molecule has 0 saturated carbocycles. The van der Waals surface area contributed by atoms with Crippen molar-refractivity contribution >= 4 is 23.5 Å². The minimum Gasteiger partial charge on any atom is -0.396 e. The zero-order valence-electron chi connectivity index (χ0n) is 12.6. The van der Waals surface area contributed by atoms with Gasteiger partial charge >= 0.3 is 6.03 Å². The SMILES string of the molecule is CC(CCO)NC(=O)Nc1ccc(SC(C)(C)C)cc1. The molecule has 0 fully saturated rings. The number of thioether (sulfide) groups is 1. The van der Waals surface area contributed by atoms with E-state index in [1.807, 2.05) is 31.2 Å². The lowest BCUT2D eigenvalue weighted by Crippen LogP contribution is -2.36. The van der Waals surface area contributed by atoms with Gasteiger partial charge in [0.05, 0.1) is 0 Å². The zero-order chi connectivity index (χ0) is 15.2. The Kier molecular flexibility index (Phi) is 6.36. The van der Waals surface area contributed by atoms with Crippen molar-refractivity contribution in [2.75, 3.05) is 11.9 Å². The highest BCUT2D eigenvalue weighted by molar-refractivity contribution is 8.00. The van der Waals surface area contributed by atoms with Crippen LogP contribution in [0.5, 0.6) is 0 Å². The van der Waals surface area contributed by atoms with Crippen LogP contribution in [0.1, 0.15) is 34.1 Å². The van der Waals surface area contributed by atoms with E-state index in [9.17, 15) is 4.79 Å². The average Bonchev–Trinajstić information content (AvgIpc) is 2.30. The van der Waals surface area contributed by atoms with Gasteiger partial charge in [0.25, 0.3) is 0 Å². The molecular formula is C15H24N2O2S. The minimum absolute atomic E-state index is 0.0456. The number of anilines is 1. The van der Waals surface area contributed by atoms with Crippen LogP contribution in [0.25, 0.3) is 0 Å². The van der Waals surface area contributed by atoms with Crippen LogP contribution in [0.3, 0.4) is 0 Å². The Morgan fingerprint density at radius 2 is 1.90 bits per heavy atom. The van der Waals surface area contributed by atoms with Gasteiger partial charge in [0.2, 0.25) is 0 Å². The quantitative estimate of drug-likeness (QED) is 0.729. The summed E-state index contributed by atoms with van der Waals surface area (Å²) in [5.41, 5.74) is 0.761. The molecule has 1 unspecified atom stereocenters. The molecule has 0 aromatic heterocycles. The molecule has 0 aliphatic rings. The van der Waals surface area contributed by atoms with Crippen molar-refractivity contribution in [1.82, 2.24) is 5.32 Å². The Morgan fingerprint density at radius 3 is 2.40 bits per heavy atom. The lowest BCUT2D eigenvalue weighted by molar-refractivity contribution is 0.241. The van der Waals surface area contributed by atoms with Gasteiger partial charge in [0.1, 0.15) is 0 Å². The Morgan fingerprint density at radius 1 is 1.30 bits per heavy atom. The third-order valence-electron chi connectivity index (χ3n) is 2.48. The maximum Gasteiger partial charge on any atom is 0.319 e. The average molecular weight is 296 g/mol. The molecule has 1 atom stereocenters. The first-order valence-electron chi connectivity index (χ1n) is 6.77. The summed E-state index contributed by atoms with van der Waals surface area (Å²) in [4.78, 5) is 12.9. The number of nitrogens with one attached hydrogen (secondary N) is 2. The van der Waals surface area contributed by atoms with Crippen molar-refractivity contribution in [3.63, 3.8) is 0 Å². The summed E-state index contributed by atoms with van der Waals surface area (Å²) in [6, 6.07) is 7.50. The molecule has 112 valence electrons. The van der Waals surface area contributed by atoms with Crippen LogP contribution in [0, 0.1) is 0 Å². The fourth-order valence-electron chi connectivity index (χ4n) is 1.62. The number of aliphatic hydroxyl groups is 1. The highest BCUT2D eigenvalue weighted by atomic mass is 32.2. The van der Waals surface area contributed by atoms with Crippen molar-refractivity contribution in [2.45, 2.75) is 49.8 Å². The summed E-state index contributed by atoms with van der Waals surface area (Å²) in [6.07, 6.45) is 0.550. The van der Waals surface area contributed by atoms with Gasteiger partial charge in [-0.15, -0.1) is 11.8 Å². The summed E-state index contributed by atoms with van der Waals surface area (Å²) in [7, 11) is 0. The van der Waals surface area contributed by atoms with E-state index in [-0.39, 0.29) is 23.4 Å². The predicted octanol–water partition coefficient (Wildman–Crippen LogP) is 3.47. The van der Waals surface area contributed by atoms with E-state index in [1.54, 1.807) is 11.8 Å². The van der Waals surface area contributed by atoms with Crippen LogP contribution in [-0.2, 0) is 0 Å². The number of urea groups is 1. The van der Waals surface area contributed by atoms with Crippen LogP contribution in [0.15, 0.2) is 29.2 Å². The molecule has 20 heavy (non-hydrogen) atoms. The summed E-state index contributed by atoms with van der Waals surface area (Å²) in [6.45, 7) is 8.43. The molecule has 1 aromatic carbocycles. The third-order valence-corrected chi connectivity index (χ3v) is 3.60. The van der Waals surface area contributed by atoms with Gasteiger partial charge in [0, 0.05) is 28.0 Å². The van der Waals surface area contributed by atoms with Crippen molar-refractivity contribution in [3.05, 3.63) is 24.3 Å². The van der Waals surface area contributed by atoms with E-state index < -0.39 is 0 Å². The molecule has 4 nitrogen and oxygen atoms in total. The molecule has 2 amide bonds. The highest BCUT2D eigenvalue weighted by Crippen LogP contribution is 2.32. The molecule has 0 saturated heterocycles. The van der Waals surface area contributed by atoms with E-state index in [2.05, 4.69) is 31.4 Å². The highest BCUT2D eigenvalue weighted by Gasteiger charge is 2.12. The largest absolute Gasteiger partial charge is 0.396 e. The first-order chi connectivity index (χ1) is 9.30. The van der Waals surface area contributed by atoms with Gasteiger partial charge < -0.3 is 15.7 Å². The molecule has 0 radical (unpaired) electrons. The Labute approximate surface area is 125 Å². The predicted molar refractivity (Wildman–Crippen MR) is 85.4 cm³/mol. The molecule has 0 aliphatic heterocycles. The summed E-state index contributed by atoms with van der Waals surface area (Å²) >= 11 is 1.79. The van der Waals surface area contributed by atoms with Gasteiger partial charge in [-0.3, -0.25) is 0 Å². The fraction of sp³-hybridized carbons (Fsp3) is 0.533. The van der Waals surface area contributed by atoms with Gasteiger partial charge in [-0.2, -0.15) is 0 Å². The van der Waals surface area contributed by atoms with E-state index in [0.29, 0.717) is 6.42 Å². The van der Waals surface area contributed by atoms with E-state index in [0.717, 1.165) is 5.69 Å². The zero-order valence-corrected chi connectivity index (χ0v) is 13.4. The molecule has 0 bridgehead atoms. The number of carbonyl (C=O) groups excluding carboxylic acids is 1. The van der Waals surface area contributed by atoms with Crippen molar-refractivity contribution < 1.29 is 9.90 Å². The van der Waals surface area contributed by atoms with Crippen molar-refractivity contribution in [3.8, 4) is 0 Å². The smallest absolute Gasteiger partial charge is 0.319 e. The Bertz CT molecular complexity index is 426. The van der Waals surface area contributed by atoms with Gasteiger partial charge in [0.15, 0.2) is 0 Å². The van der Waals surface area contributed by atoms with E-state index in [4.69, 9.17) is 5.11 Å². The minimum atomic E-state index is -0.248. The second-order valence-electron chi connectivity index (χ2n) is 5.75. The molecule has 0 spiro atoms. The monoisotopic (exact) mass is 296 g/mol. The topological polar surface area (TPSA) is 61.4 Å². The number of carbonyl (C=O) groups is 1. The van der Waals surface area contributed by atoms with Gasteiger partial charge in [-0.1, -0.05) is 20.8 Å². The maximum absolute atomic E-state index is 11.7. The first-order valence-corrected chi connectivity index (χ1v) is 7.59. The van der Waals surface area contributed by atoms with Crippen LogP contribution in [0.4, 0.5) is 10.5 Å². The Balaban J connectivity index is 2.51. The maximum atomic E-state index is 11.7. The number of hydrogen-bond donors (Lipinski definition) is 3. The van der Waals surface area contributed by atoms with Gasteiger partial charge in [-0.05, 0) is 37.6 Å². The summed E-state index contributed by atoms with van der Waals surface area (Å²) in [5, 5.41) is 14.3. The fourth-order valence-corrected chi connectivity index (χ4v) is 2.60. The molecule has 1 rings (SSSR count). The van der Waals surface area contributed by atoms with Gasteiger partial charge in [-0.25, -0.2) is 4.79 Å². The standard InChI is InChI=1S/C15H24N2O2S/c1-11(9-10-18)16-14(19)17-12-5-7-13(8-6-12)20-15(2,3)4/h5-8,11,18H,9-10H2,1-4H3,(H2,16,17,19). The number of rotatable bonds is 5. The molecule has 1 aromatic rings. The number of hydrogen-bond acceptors (Lipinski definition) is 3. The number of benzene rings is 1. The normalized spacial score (nSPS) is 12.8. The second kappa shape index (κ2) is 7.55. The number of aliphatic hydroxyl groups excluding tert-OH is 1. The lowest BCUT2D eigenvalue weighted by atomic mass is 10.2. The van der Waals surface area contributed by atoms with Crippen LogP contribution >= 0.6 is 11.8 Å². The van der Waals surface area contributed by atoms with Crippen molar-refractivity contribution in [2.24, 2.45) is 0 Å². The van der Waals surface area contributed by atoms with E-state index >= 15 is 0 Å². The summed E-state index contributed by atoms with van der Waals surface area (Å²) < 4.78 is 0.173. The first kappa shape index (κ1) is 16.9. The molecule has 0 aliphatic carbocycles. The van der Waals surface area contributed by atoms with Crippen LogP contribution < -0.4 is 10.6 Å². The van der Waals surface area contributed by atoms with Crippen molar-refractivity contribution in [1.29, 1.82) is 0 Å². The Hall–Kier alpha value is -1.20. The molecule has 3 N–H and O–H groups in total. The summed E-state index contributed by atoms with van der Waals surface area (Å²) in [5.74, 6) is 0.